The summed E-state index contributed by atoms with van der Waals surface area (Å²) in [7, 11) is 3.70. The molecule has 0 unspecified atom stereocenters. The molecule has 0 aliphatic rings. The van der Waals surface area contributed by atoms with Crippen molar-refractivity contribution >= 4 is 0 Å². The Labute approximate surface area is 120 Å². The number of methoxy groups -OCH3 is 1. The lowest BCUT2D eigenvalue weighted by molar-refractivity contribution is 0.185. The number of benzene rings is 1. The van der Waals surface area contributed by atoms with Crippen LogP contribution in [0.2, 0.25) is 0 Å². The molecular weight excluding hydrogens is 250 g/mol. The number of nitrogens with one attached hydrogen (secondary N) is 1. The van der Waals surface area contributed by atoms with Gasteiger partial charge >= 0.3 is 0 Å². The predicted molar refractivity (Wildman–Crippen MR) is 80.4 cm³/mol. The summed E-state index contributed by atoms with van der Waals surface area (Å²) in [5.41, 5.74) is 6.11. The van der Waals surface area contributed by atoms with Crippen molar-refractivity contribution in [2.75, 3.05) is 7.11 Å². The quantitative estimate of drug-likeness (QED) is 0.879. The van der Waals surface area contributed by atoms with Gasteiger partial charge in [0.2, 0.25) is 0 Å². The first kappa shape index (κ1) is 14.8. The molecule has 0 fully saturated rings. The minimum Gasteiger partial charge on any atom is -0.380 e. The van der Waals surface area contributed by atoms with Crippen molar-refractivity contribution in [2.24, 2.45) is 7.05 Å². The van der Waals surface area contributed by atoms with Crippen LogP contribution in [0.4, 0.5) is 0 Å². The second-order valence-electron chi connectivity index (χ2n) is 5.13. The van der Waals surface area contributed by atoms with Crippen LogP contribution in [0.5, 0.6) is 0 Å². The molecular formula is C16H23N3O. The van der Waals surface area contributed by atoms with Crippen LogP contribution in [0, 0.1) is 13.8 Å². The van der Waals surface area contributed by atoms with Gasteiger partial charge < -0.3 is 10.1 Å². The van der Waals surface area contributed by atoms with Gasteiger partial charge in [-0.2, -0.15) is 5.10 Å². The van der Waals surface area contributed by atoms with Gasteiger partial charge in [-0.1, -0.05) is 24.3 Å². The van der Waals surface area contributed by atoms with Crippen molar-refractivity contribution in [2.45, 2.75) is 33.5 Å². The van der Waals surface area contributed by atoms with Crippen LogP contribution in [-0.2, 0) is 31.5 Å². The molecule has 1 aromatic heterocycles. The highest BCUT2D eigenvalue weighted by Gasteiger charge is 2.08. The normalized spacial score (nSPS) is 11.0. The average Bonchev–Trinajstić information content (AvgIpc) is 2.67. The van der Waals surface area contributed by atoms with Crippen molar-refractivity contribution < 1.29 is 4.74 Å². The van der Waals surface area contributed by atoms with E-state index in [0.29, 0.717) is 6.61 Å². The van der Waals surface area contributed by atoms with Crippen LogP contribution in [0.1, 0.15) is 28.1 Å². The van der Waals surface area contributed by atoms with Gasteiger partial charge in [0.25, 0.3) is 0 Å². The Morgan fingerprint density at radius 2 is 1.75 bits per heavy atom. The Hall–Kier alpha value is -1.65. The fraction of sp³-hybridized carbons (Fsp3) is 0.438. The molecule has 0 atom stereocenters. The third-order valence-corrected chi connectivity index (χ3v) is 3.62. The van der Waals surface area contributed by atoms with E-state index in [-0.39, 0.29) is 0 Å². The minimum atomic E-state index is 0.668. The van der Waals surface area contributed by atoms with Gasteiger partial charge in [0.1, 0.15) is 0 Å². The summed E-state index contributed by atoms with van der Waals surface area (Å²) >= 11 is 0. The number of hydrogen-bond donors (Lipinski definition) is 1. The summed E-state index contributed by atoms with van der Waals surface area (Å²) in [5, 5.41) is 7.91. The van der Waals surface area contributed by atoms with E-state index in [1.165, 1.54) is 22.4 Å². The van der Waals surface area contributed by atoms with Gasteiger partial charge in [-0.3, -0.25) is 4.68 Å². The average molecular weight is 273 g/mol. The summed E-state index contributed by atoms with van der Waals surface area (Å²) in [6.07, 6.45) is 0. The summed E-state index contributed by atoms with van der Waals surface area (Å²) in [6, 6.07) is 8.51. The lowest BCUT2D eigenvalue weighted by Gasteiger charge is -2.07. The number of nitrogens with zero attached hydrogens (tertiary/aromatic N) is 2. The third kappa shape index (κ3) is 3.46. The summed E-state index contributed by atoms with van der Waals surface area (Å²) in [6.45, 7) is 6.55. The molecule has 108 valence electrons. The Morgan fingerprint density at radius 1 is 1.10 bits per heavy atom. The van der Waals surface area contributed by atoms with E-state index < -0.39 is 0 Å². The molecule has 0 bridgehead atoms. The lowest BCUT2D eigenvalue weighted by atomic mass is 10.1. The fourth-order valence-electron chi connectivity index (χ4n) is 2.33. The van der Waals surface area contributed by atoms with Crippen LogP contribution in [-0.4, -0.2) is 16.9 Å². The van der Waals surface area contributed by atoms with Gasteiger partial charge in [-0.05, 0) is 25.0 Å². The van der Waals surface area contributed by atoms with Crippen LogP contribution < -0.4 is 5.32 Å². The van der Waals surface area contributed by atoms with E-state index in [2.05, 4.69) is 48.5 Å². The zero-order valence-electron chi connectivity index (χ0n) is 12.7. The number of rotatable bonds is 6. The Bertz CT molecular complexity index is 558. The molecule has 2 aromatic rings. The largest absolute Gasteiger partial charge is 0.380 e. The molecule has 0 spiro atoms. The van der Waals surface area contributed by atoms with E-state index in [0.717, 1.165) is 18.8 Å². The van der Waals surface area contributed by atoms with Crippen molar-refractivity contribution in [3.8, 4) is 0 Å². The molecule has 2 rings (SSSR count). The molecule has 0 saturated heterocycles. The predicted octanol–water partition coefficient (Wildman–Crippen LogP) is 2.47. The Balaban J connectivity index is 1.89. The van der Waals surface area contributed by atoms with Gasteiger partial charge in [0.15, 0.2) is 0 Å². The van der Waals surface area contributed by atoms with Crippen molar-refractivity contribution in [1.29, 1.82) is 0 Å². The maximum absolute atomic E-state index is 5.11. The van der Waals surface area contributed by atoms with Gasteiger partial charge in [0, 0.05) is 38.5 Å². The SMILES string of the molecule is COCc1ccc(CNCc2c(C)nn(C)c2C)cc1. The Morgan fingerprint density at radius 3 is 2.30 bits per heavy atom. The molecule has 1 heterocycles. The molecule has 0 aliphatic carbocycles. The second kappa shape index (κ2) is 6.68. The molecule has 0 aliphatic heterocycles. The zero-order valence-corrected chi connectivity index (χ0v) is 12.7. The molecule has 0 radical (unpaired) electrons. The first-order valence-corrected chi connectivity index (χ1v) is 6.88. The summed E-state index contributed by atoms with van der Waals surface area (Å²) in [5.74, 6) is 0. The number of ether oxygens (including phenoxy) is 1. The maximum atomic E-state index is 5.11. The van der Waals surface area contributed by atoms with Gasteiger partial charge in [-0.15, -0.1) is 0 Å². The van der Waals surface area contributed by atoms with E-state index in [4.69, 9.17) is 4.74 Å². The second-order valence-corrected chi connectivity index (χ2v) is 5.13. The Kier molecular flexibility index (Phi) is 4.93. The fourth-order valence-corrected chi connectivity index (χ4v) is 2.33. The molecule has 4 nitrogen and oxygen atoms in total. The third-order valence-electron chi connectivity index (χ3n) is 3.62. The molecule has 4 heteroatoms. The van der Waals surface area contributed by atoms with E-state index in [1.54, 1.807) is 7.11 Å². The minimum absolute atomic E-state index is 0.668. The van der Waals surface area contributed by atoms with Gasteiger partial charge in [0.05, 0.1) is 12.3 Å². The van der Waals surface area contributed by atoms with Crippen LogP contribution >= 0.6 is 0 Å². The van der Waals surface area contributed by atoms with E-state index in [1.807, 2.05) is 11.7 Å². The first-order chi connectivity index (χ1) is 9.61. The standard InChI is InChI=1S/C16H23N3O/c1-12-16(13(2)19(3)18-12)10-17-9-14-5-7-15(8-6-14)11-20-4/h5-8,17H,9-11H2,1-4H3. The van der Waals surface area contributed by atoms with Crippen molar-refractivity contribution in [3.05, 3.63) is 52.3 Å². The molecule has 1 aromatic carbocycles. The molecule has 1 N–H and O–H groups in total. The van der Waals surface area contributed by atoms with Crippen LogP contribution in [0.25, 0.3) is 0 Å². The highest BCUT2D eigenvalue weighted by atomic mass is 16.5. The van der Waals surface area contributed by atoms with E-state index in [9.17, 15) is 0 Å². The smallest absolute Gasteiger partial charge is 0.0713 e. The summed E-state index contributed by atoms with van der Waals surface area (Å²) in [4.78, 5) is 0. The zero-order chi connectivity index (χ0) is 14.5. The number of aryl methyl sites for hydroxylation is 2. The van der Waals surface area contributed by atoms with Crippen LogP contribution in [0.3, 0.4) is 0 Å². The monoisotopic (exact) mass is 273 g/mol. The van der Waals surface area contributed by atoms with E-state index >= 15 is 0 Å². The molecule has 0 saturated carbocycles. The topological polar surface area (TPSA) is 39.1 Å². The lowest BCUT2D eigenvalue weighted by Crippen LogP contribution is -2.14. The highest BCUT2D eigenvalue weighted by Crippen LogP contribution is 2.12. The van der Waals surface area contributed by atoms with Crippen LogP contribution in [0.15, 0.2) is 24.3 Å². The maximum Gasteiger partial charge on any atom is 0.0713 e. The number of hydrogen-bond acceptors (Lipinski definition) is 3. The highest BCUT2D eigenvalue weighted by molar-refractivity contribution is 5.25. The van der Waals surface area contributed by atoms with Crippen molar-refractivity contribution in [1.82, 2.24) is 15.1 Å². The first-order valence-electron chi connectivity index (χ1n) is 6.88. The van der Waals surface area contributed by atoms with Crippen molar-refractivity contribution in [3.63, 3.8) is 0 Å². The number of aromatic nitrogens is 2. The molecule has 0 amide bonds. The summed E-state index contributed by atoms with van der Waals surface area (Å²) < 4.78 is 7.05. The molecule has 20 heavy (non-hydrogen) atoms. The van der Waals surface area contributed by atoms with Gasteiger partial charge in [-0.25, -0.2) is 0 Å².